The van der Waals surface area contributed by atoms with E-state index in [9.17, 15) is 36.6 Å². The number of hydrogen-bond donors (Lipinski definition) is 2. The summed E-state index contributed by atoms with van der Waals surface area (Å²) >= 11 is 2.53. The summed E-state index contributed by atoms with van der Waals surface area (Å²) in [5.74, 6) is -1.87. The van der Waals surface area contributed by atoms with Crippen molar-refractivity contribution in [2.45, 2.75) is 33.4 Å². The van der Waals surface area contributed by atoms with Crippen molar-refractivity contribution in [3.63, 3.8) is 0 Å². The van der Waals surface area contributed by atoms with Gasteiger partial charge in [0.1, 0.15) is 11.4 Å². The second-order valence-electron chi connectivity index (χ2n) is 10.5. The molecule has 4 aromatic rings. The fourth-order valence-electron chi connectivity index (χ4n) is 4.19. The van der Waals surface area contributed by atoms with Gasteiger partial charge >= 0.3 is 18.9 Å². The molecule has 4 aromatic carbocycles. The molecule has 0 spiro atoms. The Labute approximate surface area is 340 Å². The minimum absolute atomic E-state index is 0. The molecule has 16 nitrogen and oxygen atoms in total. The number of hydrogen-bond acceptors (Lipinski definition) is 14. The second kappa shape index (κ2) is 18.4. The first kappa shape index (κ1) is 44.1. The van der Waals surface area contributed by atoms with E-state index in [0.717, 1.165) is 46.2 Å². The number of carbonyl (C=O) groups is 2. The van der Waals surface area contributed by atoms with Crippen LogP contribution in [0, 0.1) is 0 Å². The fraction of sp³-hybridized carbons (Fsp3) is 0.0625. The van der Waals surface area contributed by atoms with E-state index in [2.05, 4.69) is 31.1 Å². The zero-order chi connectivity index (χ0) is 37.8. The van der Waals surface area contributed by atoms with Gasteiger partial charge in [-0.2, -0.15) is 10.2 Å². The summed E-state index contributed by atoms with van der Waals surface area (Å²) in [5.41, 5.74) is 0.898. The molecule has 22 heteroatoms. The molecule has 0 bridgehead atoms. The van der Waals surface area contributed by atoms with Crippen LogP contribution in [0.5, 0.6) is 11.5 Å². The number of carbonyl (C=O) groups excluding carboxylic acids is 2. The molecule has 2 heterocycles. The normalized spacial score (nSPS) is 15.0. The molecule has 54 heavy (non-hydrogen) atoms. The Kier molecular flexibility index (Phi) is 15.0. The van der Waals surface area contributed by atoms with E-state index < -0.39 is 31.5 Å². The molecule has 0 unspecified atom stereocenters. The Morgan fingerprint density at radius 2 is 0.981 bits per heavy atom. The molecule has 1 radical (unpaired) electrons. The van der Waals surface area contributed by atoms with Crippen LogP contribution in [-0.4, -0.2) is 28.4 Å². The van der Waals surface area contributed by atoms with Crippen LogP contribution in [0.1, 0.15) is 13.8 Å². The number of thioether (sulfide) groups is 2. The van der Waals surface area contributed by atoms with Crippen molar-refractivity contribution < 1.29 is 72.3 Å². The number of fused-ring (bicyclic) bond motifs is 2. The molecule has 4 N–H and O–H groups in total. The van der Waals surface area contributed by atoms with E-state index in [4.69, 9.17) is 10.3 Å². The maximum atomic E-state index is 11.9. The van der Waals surface area contributed by atoms with Crippen molar-refractivity contribution in [2.24, 2.45) is 30.7 Å². The third kappa shape index (κ3) is 10.9. The molecule has 6 rings (SSSR count). The summed E-state index contributed by atoms with van der Waals surface area (Å²) in [5, 5.41) is 58.4. The summed E-state index contributed by atoms with van der Waals surface area (Å²) in [6.07, 6.45) is 0. The molecule has 0 saturated heterocycles. The Balaban J connectivity index is 0.000000280. The molecular weight excluding hydrogens is 819 g/mol. The molecule has 2 aliphatic heterocycles. The quantitative estimate of drug-likeness (QED) is 0.149. The number of rotatable bonds is 8. The Morgan fingerprint density at radius 1 is 0.630 bits per heavy atom. The summed E-state index contributed by atoms with van der Waals surface area (Å²) in [4.78, 5) is 25.1. The fourth-order valence-corrected chi connectivity index (χ4v) is 7.25. The average molecular weight is 843 g/mol. The van der Waals surface area contributed by atoms with Gasteiger partial charge in [-0.1, -0.05) is 70.1 Å². The predicted octanol–water partition coefficient (Wildman–Crippen LogP) is 3.12. The van der Waals surface area contributed by atoms with E-state index in [1.165, 1.54) is 37.4 Å². The van der Waals surface area contributed by atoms with Crippen LogP contribution in [-0.2, 0) is 46.4 Å². The van der Waals surface area contributed by atoms with Crippen LogP contribution in [0.4, 0.5) is 22.7 Å². The third-order valence-corrected chi connectivity index (χ3v) is 10.6. The number of ketones is 2. The van der Waals surface area contributed by atoms with Crippen molar-refractivity contribution in [3.8, 4) is 11.5 Å². The van der Waals surface area contributed by atoms with Crippen molar-refractivity contribution in [3.05, 3.63) is 117 Å². The van der Waals surface area contributed by atoms with Crippen LogP contribution in [0.15, 0.2) is 146 Å². The maximum Gasteiger partial charge on any atom is 1.00 e. The SMILES string of the molecule is CC(=O)/C(N=Nc1cc(S(N)(=O)=O)ccc1[O-])=C1/[N-]c2ccccc2S1.CC(=O)/C(N=Nc1cc(S(N)(=O)=O)ccc1[O-])=C1/[N-]c2ccccc2S1.[Co].[Li+]. The van der Waals surface area contributed by atoms with E-state index in [1.807, 2.05) is 36.4 Å². The molecule has 277 valence electrons. The summed E-state index contributed by atoms with van der Waals surface area (Å²) < 4.78 is 45.6. The van der Waals surface area contributed by atoms with Gasteiger partial charge in [0.05, 0.1) is 21.2 Å². The first-order valence-electron chi connectivity index (χ1n) is 14.5. The number of primary sulfonamides is 2. The van der Waals surface area contributed by atoms with Crippen LogP contribution in [0.2, 0.25) is 0 Å². The van der Waals surface area contributed by atoms with E-state index in [1.54, 1.807) is 12.1 Å². The standard InChI is InChI=1S/2C16H14N4O4S2.Co.Li/c2*1-9(21)15(16-18-11-4-2-3-5-14(11)25-16)20-19-12-8-10(26(17,23)24)6-7-13(12)22;;/h2*2-8H,1H3,(H4,17,18,19,20,21,22,23,24);;/q;;;+1/p-4. The van der Waals surface area contributed by atoms with Crippen LogP contribution in [0.3, 0.4) is 0 Å². The number of para-hydroxylation sites is 2. The topological polar surface area (TPSA) is 278 Å². The van der Waals surface area contributed by atoms with Crippen LogP contribution < -0.4 is 39.4 Å². The molecule has 0 fully saturated rings. The number of nitrogens with zero attached hydrogens (tertiary/aromatic N) is 6. The number of sulfonamides is 2. The van der Waals surface area contributed by atoms with Gasteiger partial charge in [-0.3, -0.25) is 9.59 Å². The van der Waals surface area contributed by atoms with E-state index >= 15 is 0 Å². The first-order valence-corrected chi connectivity index (χ1v) is 19.2. The zero-order valence-electron chi connectivity index (χ0n) is 28.2. The monoisotopic (exact) mass is 842 g/mol. The first-order chi connectivity index (χ1) is 24.5. The summed E-state index contributed by atoms with van der Waals surface area (Å²) in [6, 6.07) is 20.9. The van der Waals surface area contributed by atoms with Crippen molar-refractivity contribution >= 4 is 77.9 Å². The van der Waals surface area contributed by atoms with Gasteiger partial charge in [0.25, 0.3) is 0 Å². The van der Waals surface area contributed by atoms with Gasteiger partial charge in [-0.05, 0) is 46.2 Å². The Morgan fingerprint density at radius 3 is 1.30 bits per heavy atom. The number of allylic oxidation sites excluding steroid dienone is 2. The van der Waals surface area contributed by atoms with E-state index in [0.29, 0.717) is 21.4 Å². The van der Waals surface area contributed by atoms with Crippen molar-refractivity contribution in [1.82, 2.24) is 0 Å². The van der Waals surface area contributed by atoms with Gasteiger partial charge in [-0.25, -0.2) is 27.1 Å². The molecule has 0 aliphatic carbocycles. The van der Waals surface area contributed by atoms with Crippen molar-refractivity contribution in [1.29, 1.82) is 0 Å². The zero-order valence-corrected chi connectivity index (χ0v) is 32.5. The van der Waals surface area contributed by atoms with E-state index in [-0.39, 0.29) is 79.8 Å². The second-order valence-corrected chi connectivity index (χ2v) is 15.7. The minimum atomic E-state index is -3.99. The molecule has 2 aliphatic rings. The van der Waals surface area contributed by atoms with Crippen LogP contribution >= 0.6 is 23.5 Å². The number of azo groups is 2. The maximum absolute atomic E-state index is 11.9. The molecule has 0 atom stereocenters. The average Bonchev–Trinajstić information content (AvgIpc) is 3.70. The Bertz CT molecular complexity index is 2250. The molecule has 0 saturated carbocycles. The predicted molar refractivity (Wildman–Crippen MR) is 190 cm³/mol. The van der Waals surface area contributed by atoms with Crippen molar-refractivity contribution in [2.75, 3.05) is 0 Å². The van der Waals surface area contributed by atoms with Crippen LogP contribution in [0.25, 0.3) is 10.6 Å². The molecule has 0 amide bonds. The largest absolute Gasteiger partial charge is 1.00 e. The number of benzene rings is 4. The van der Waals surface area contributed by atoms with Gasteiger partial charge in [0, 0.05) is 30.6 Å². The smallest absolute Gasteiger partial charge is 0.871 e. The third-order valence-electron chi connectivity index (χ3n) is 6.69. The molecular formula is C32H24CoLiN8O8S4-3. The van der Waals surface area contributed by atoms with Gasteiger partial charge in [-0.15, -0.1) is 45.1 Å². The van der Waals surface area contributed by atoms with Gasteiger partial charge in [0.2, 0.25) is 20.0 Å². The summed E-state index contributed by atoms with van der Waals surface area (Å²) in [6.45, 7) is 2.61. The minimum Gasteiger partial charge on any atom is -0.871 e. The number of Topliss-reactive ketones (excluding diaryl/α,β-unsaturated/α-hetero) is 2. The number of nitrogens with two attached hydrogens (primary N) is 2. The van der Waals surface area contributed by atoms with Gasteiger partial charge < -0.3 is 20.8 Å². The van der Waals surface area contributed by atoms with Gasteiger partial charge in [0.15, 0.2) is 11.6 Å². The molecule has 0 aromatic heterocycles. The Hall–Kier alpha value is -4.28. The summed E-state index contributed by atoms with van der Waals surface area (Å²) in [7, 11) is -7.98.